The summed E-state index contributed by atoms with van der Waals surface area (Å²) in [5, 5.41) is 0.326. The zero-order valence-electron chi connectivity index (χ0n) is 10.9. The van der Waals surface area contributed by atoms with Gasteiger partial charge in [0.05, 0.1) is 22.8 Å². The first kappa shape index (κ1) is 12.9. The number of fused-ring (bicyclic) bond motifs is 1. The second-order valence-corrected chi connectivity index (χ2v) is 5.25. The van der Waals surface area contributed by atoms with Gasteiger partial charge in [0.2, 0.25) is 0 Å². The number of rotatable bonds is 2. The lowest BCUT2D eigenvalue weighted by Gasteiger charge is -2.16. The number of anilines is 1. The zero-order valence-corrected chi connectivity index (χ0v) is 11.6. The van der Waals surface area contributed by atoms with Gasteiger partial charge in [0.25, 0.3) is 11.7 Å². The average molecular weight is 286 g/mol. The van der Waals surface area contributed by atoms with Crippen LogP contribution in [0.25, 0.3) is 0 Å². The van der Waals surface area contributed by atoms with Crippen LogP contribution in [0.4, 0.5) is 5.69 Å². The van der Waals surface area contributed by atoms with Crippen molar-refractivity contribution < 1.29 is 9.59 Å². The Hall–Kier alpha value is -2.13. The van der Waals surface area contributed by atoms with Gasteiger partial charge in [0, 0.05) is 0 Å². The van der Waals surface area contributed by atoms with Gasteiger partial charge in [0.15, 0.2) is 0 Å². The maximum atomic E-state index is 12.1. The van der Waals surface area contributed by atoms with E-state index in [1.54, 1.807) is 18.2 Å². The minimum absolute atomic E-state index is 0.312. The lowest BCUT2D eigenvalue weighted by atomic mass is 10.1. The van der Waals surface area contributed by atoms with Crippen LogP contribution >= 0.6 is 11.6 Å². The van der Waals surface area contributed by atoms with Crippen molar-refractivity contribution in [1.29, 1.82) is 0 Å². The predicted molar refractivity (Wildman–Crippen MR) is 78.2 cm³/mol. The fourth-order valence-corrected chi connectivity index (χ4v) is 2.71. The molecule has 4 heteroatoms. The lowest BCUT2D eigenvalue weighted by Crippen LogP contribution is -2.29. The van der Waals surface area contributed by atoms with Crippen LogP contribution in [0.2, 0.25) is 5.02 Å². The Morgan fingerprint density at radius 1 is 1.10 bits per heavy atom. The van der Waals surface area contributed by atoms with Gasteiger partial charge in [-0.15, -0.1) is 0 Å². The average Bonchev–Trinajstić information content (AvgIpc) is 2.65. The number of Topliss-reactive ketones (excluding diaryl/α,β-unsaturated/α-hetero) is 1. The summed E-state index contributed by atoms with van der Waals surface area (Å²) in [7, 11) is 0. The molecule has 0 aliphatic carbocycles. The second-order valence-electron chi connectivity index (χ2n) is 4.84. The molecular formula is C16H12ClNO2. The van der Waals surface area contributed by atoms with Crippen LogP contribution in [-0.2, 0) is 11.3 Å². The van der Waals surface area contributed by atoms with Crippen molar-refractivity contribution in [3.8, 4) is 0 Å². The molecule has 0 radical (unpaired) electrons. The predicted octanol–water partition coefficient (Wildman–Crippen LogP) is 3.38. The first-order chi connectivity index (χ1) is 9.58. The molecule has 0 saturated carbocycles. The molecule has 0 atom stereocenters. The van der Waals surface area contributed by atoms with Crippen LogP contribution in [0.1, 0.15) is 21.5 Å². The molecule has 1 aliphatic rings. The van der Waals surface area contributed by atoms with Crippen molar-refractivity contribution in [3.63, 3.8) is 0 Å². The zero-order chi connectivity index (χ0) is 14.3. The van der Waals surface area contributed by atoms with Crippen LogP contribution in [-0.4, -0.2) is 11.7 Å². The highest BCUT2D eigenvalue weighted by molar-refractivity contribution is 6.55. The second kappa shape index (κ2) is 4.76. The summed E-state index contributed by atoms with van der Waals surface area (Å²) >= 11 is 6.02. The van der Waals surface area contributed by atoms with Crippen LogP contribution in [0.5, 0.6) is 0 Å². The van der Waals surface area contributed by atoms with E-state index < -0.39 is 11.7 Å². The minimum Gasteiger partial charge on any atom is -0.300 e. The van der Waals surface area contributed by atoms with Crippen molar-refractivity contribution in [2.75, 3.05) is 4.90 Å². The Kier molecular flexibility index (Phi) is 3.07. The van der Waals surface area contributed by atoms with E-state index in [0.29, 0.717) is 22.8 Å². The standard InChI is InChI=1S/C16H12ClNO2/c1-10-4-2-5-11(8-10)9-18-13-7-3-6-12(17)14(13)15(19)16(18)20/h2-8H,9H2,1H3. The van der Waals surface area contributed by atoms with Crippen LogP contribution in [0, 0.1) is 6.92 Å². The summed E-state index contributed by atoms with van der Waals surface area (Å²) < 4.78 is 0. The highest BCUT2D eigenvalue weighted by Gasteiger charge is 2.37. The van der Waals surface area contributed by atoms with E-state index >= 15 is 0 Å². The highest BCUT2D eigenvalue weighted by Crippen LogP contribution is 2.34. The van der Waals surface area contributed by atoms with E-state index in [1.807, 2.05) is 31.2 Å². The molecule has 2 aromatic rings. The Bertz CT molecular complexity index is 724. The Morgan fingerprint density at radius 2 is 1.85 bits per heavy atom. The largest absolute Gasteiger partial charge is 0.300 e. The maximum Gasteiger partial charge on any atom is 0.299 e. The number of aryl methyl sites for hydroxylation is 1. The number of ketones is 1. The molecule has 1 aliphatic heterocycles. The molecular weight excluding hydrogens is 274 g/mol. The van der Waals surface area contributed by atoms with Crippen LogP contribution in [0.15, 0.2) is 42.5 Å². The Balaban J connectivity index is 2.02. The smallest absolute Gasteiger partial charge is 0.299 e. The number of amides is 1. The summed E-state index contributed by atoms with van der Waals surface area (Å²) in [4.78, 5) is 25.6. The summed E-state index contributed by atoms with van der Waals surface area (Å²) in [5.74, 6) is -1.05. The first-order valence-electron chi connectivity index (χ1n) is 6.28. The number of hydrogen-bond acceptors (Lipinski definition) is 2. The molecule has 0 N–H and O–H groups in total. The number of halogens is 1. The third-order valence-corrected chi connectivity index (χ3v) is 3.69. The summed E-state index contributed by atoms with van der Waals surface area (Å²) in [6.45, 7) is 2.37. The summed E-state index contributed by atoms with van der Waals surface area (Å²) in [5.41, 5.74) is 3.01. The molecule has 1 heterocycles. The minimum atomic E-state index is -0.529. The summed E-state index contributed by atoms with van der Waals surface area (Å²) in [6, 6.07) is 13.0. The fourth-order valence-electron chi connectivity index (χ4n) is 2.45. The topological polar surface area (TPSA) is 37.4 Å². The molecule has 0 aromatic heterocycles. The molecule has 3 nitrogen and oxygen atoms in total. The number of hydrogen-bond donors (Lipinski definition) is 0. The number of nitrogens with zero attached hydrogens (tertiary/aromatic N) is 1. The molecule has 0 unspecified atom stereocenters. The van der Waals surface area contributed by atoms with Gasteiger partial charge >= 0.3 is 0 Å². The van der Waals surface area contributed by atoms with Gasteiger partial charge in [-0.05, 0) is 24.6 Å². The third kappa shape index (κ3) is 2.00. The Labute approximate surface area is 121 Å². The Morgan fingerprint density at radius 3 is 2.60 bits per heavy atom. The van der Waals surface area contributed by atoms with Crippen molar-refractivity contribution in [1.82, 2.24) is 0 Å². The summed E-state index contributed by atoms with van der Waals surface area (Å²) in [6.07, 6.45) is 0. The van der Waals surface area contributed by atoms with E-state index in [9.17, 15) is 9.59 Å². The van der Waals surface area contributed by atoms with Crippen LogP contribution < -0.4 is 4.90 Å². The van der Waals surface area contributed by atoms with Gasteiger partial charge in [0.1, 0.15) is 0 Å². The van der Waals surface area contributed by atoms with Crippen molar-refractivity contribution >= 4 is 29.0 Å². The highest BCUT2D eigenvalue weighted by atomic mass is 35.5. The molecule has 0 spiro atoms. The van der Waals surface area contributed by atoms with Gasteiger partial charge < -0.3 is 4.90 Å². The normalized spacial score (nSPS) is 13.8. The fraction of sp³-hybridized carbons (Fsp3) is 0.125. The van der Waals surface area contributed by atoms with E-state index in [-0.39, 0.29) is 0 Å². The number of carbonyl (C=O) groups excluding carboxylic acids is 2. The molecule has 2 aromatic carbocycles. The molecule has 0 fully saturated rings. The van der Waals surface area contributed by atoms with Gasteiger partial charge in [-0.3, -0.25) is 9.59 Å². The van der Waals surface area contributed by atoms with Gasteiger partial charge in [-0.1, -0.05) is 47.5 Å². The number of carbonyl (C=O) groups is 2. The molecule has 0 saturated heterocycles. The van der Waals surface area contributed by atoms with Crippen LogP contribution in [0.3, 0.4) is 0 Å². The lowest BCUT2D eigenvalue weighted by molar-refractivity contribution is -0.114. The number of benzene rings is 2. The van der Waals surface area contributed by atoms with E-state index in [1.165, 1.54) is 4.90 Å². The first-order valence-corrected chi connectivity index (χ1v) is 6.66. The quantitative estimate of drug-likeness (QED) is 0.793. The molecule has 1 amide bonds. The van der Waals surface area contributed by atoms with Gasteiger partial charge in [-0.2, -0.15) is 0 Å². The van der Waals surface area contributed by atoms with E-state index in [4.69, 9.17) is 11.6 Å². The monoisotopic (exact) mass is 285 g/mol. The van der Waals surface area contributed by atoms with E-state index in [0.717, 1.165) is 11.1 Å². The molecule has 100 valence electrons. The van der Waals surface area contributed by atoms with Crippen molar-refractivity contribution in [2.45, 2.75) is 13.5 Å². The molecule has 3 rings (SSSR count). The van der Waals surface area contributed by atoms with Gasteiger partial charge in [-0.25, -0.2) is 0 Å². The SMILES string of the molecule is Cc1cccc(CN2C(=O)C(=O)c3c(Cl)cccc32)c1. The van der Waals surface area contributed by atoms with Crippen molar-refractivity contribution in [3.05, 3.63) is 64.2 Å². The van der Waals surface area contributed by atoms with E-state index in [2.05, 4.69) is 0 Å². The molecule has 0 bridgehead atoms. The maximum absolute atomic E-state index is 12.1. The molecule has 20 heavy (non-hydrogen) atoms. The van der Waals surface area contributed by atoms with Crippen molar-refractivity contribution in [2.24, 2.45) is 0 Å². The third-order valence-electron chi connectivity index (χ3n) is 3.37.